The van der Waals surface area contributed by atoms with Crippen molar-refractivity contribution >= 4 is 36.9 Å². The van der Waals surface area contributed by atoms with Gasteiger partial charge in [-0.1, -0.05) is 0 Å². The first-order chi connectivity index (χ1) is 1.73. The Morgan fingerprint density at radius 3 is 0.857 bits per heavy atom. The Morgan fingerprint density at radius 1 is 0.857 bits per heavy atom. The molecule has 0 unspecified atom stereocenters. The molecule has 0 bridgehead atoms. The summed E-state index contributed by atoms with van der Waals surface area (Å²) in [5.41, 5.74) is 0. The van der Waals surface area contributed by atoms with E-state index in [0.717, 1.165) is 0 Å². The SMILES string of the molecule is F.F.OB(O)O.[NaH]. The molecule has 7 heavy (non-hydrogen) atoms. The molecule has 0 aliphatic carbocycles. The van der Waals surface area contributed by atoms with Crippen LogP contribution in [-0.4, -0.2) is 52.0 Å². The van der Waals surface area contributed by atoms with Gasteiger partial charge in [0.15, 0.2) is 0 Å². The molecule has 7 heteroatoms. The Hall–Kier alpha value is 0.805. The van der Waals surface area contributed by atoms with Crippen LogP contribution in [0.2, 0.25) is 0 Å². The Bertz CT molecular complexity index is 17.7. The van der Waals surface area contributed by atoms with Gasteiger partial charge in [0.25, 0.3) is 0 Å². The first kappa shape index (κ1) is 25.0. The fourth-order valence-corrected chi connectivity index (χ4v) is 0. The van der Waals surface area contributed by atoms with Crippen LogP contribution in [0.4, 0.5) is 9.41 Å². The summed E-state index contributed by atoms with van der Waals surface area (Å²) in [5.74, 6) is 0. The summed E-state index contributed by atoms with van der Waals surface area (Å²) in [6, 6.07) is 0. The minimum atomic E-state index is -2.17. The topological polar surface area (TPSA) is 60.7 Å². The molecule has 3 nitrogen and oxygen atoms in total. The zero-order valence-electron chi connectivity index (χ0n) is 2.74. The molecule has 0 saturated carbocycles. The van der Waals surface area contributed by atoms with E-state index < -0.39 is 7.32 Å². The quantitative estimate of drug-likeness (QED) is 0.317. The van der Waals surface area contributed by atoms with Crippen molar-refractivity contribution in [1.29, 1.82) is 0 Å². The molecule has 0 heterocycles. The van der Waals surface area contributed by atoms with Crippen molar-refractivity contribution < 1.29 is 24.5 Å². The summed E-state index contributed by atoms with van der Waals surface area (Å²) in [5, 5.41) is 21.5. The second-order valence-corrected chi connectivity index (χ2v) is 0.346. The van der Waals surface area contributed by atoms with Crippen LogP contribution in [0.1, 0.15) is 0 Å². The number of rotatable bonds is 0. The standard InChI is InChI=1S/BH3O3.2FH.Na.H/c2-1(3)4;;;;/h2-4H;2*1H;;. The number of hydrogen-bond donors (Lipinski definition) is 3. The van der Waals surface area contributed by atoms with Gasteiger partial charge in [-0.05, 0) is 0 Å². The van der Waals surface area contributed by atoms with Crippen molar-refractivity contribution in [3.05, 3.63) is 0 Å². The average molecular weight is 126 g/mol. The molecule has 0 spiro atoms. The first-order valence-electron chi connectivity index (χ1n) is 0.775. The van der Waals surface area contributed by atoms with Crippen molar-refractivity contribution in [2.24, 2.45) is 0 Å². The van der Waals surface area contributed by atoms with E-state index in [-0.39, 0.29) is 39.0 Å². The average Bonchev–Trinajstić information content (AvgIpc) is 0.811. The van der Waals surface area contributed by atoms with Crippen molar-refractivity contribution in [3.63, 3.8) is 0 Å². The molecule has 0 saturated heterocycles. The van der Waals surface area contributed by atoms with E-state index >= 15 is 0 Å². The van der Waals surface area contributed by atoms with Crippen LogP contribution in [0.3, 0.4) is 0 Å². The normalized spacial score (nSPS) is 3.86. The van der Waals surface area contributed by atoms with Gasteiger partial charge in [0.1, 0.15) is 0 Å². The third-order valence-corrected chi connectivity index (χ3v) is 0. The second-order valence-electron chi connectivity index (χ2n) is 0.346. The molecular formula is H6BF2NaO3. The van der Waals surface area contributed by atoms with E-state index in [1.165, 1.54) is 0 Å². The predicted octanol–water partition coefficient (Wildman–Crippen LogP) is -2.40. The molecule has 0 aromatic heterocycles. The van der Waals surface area contributed by atoms with Crippen LogP contribution in [-0.2, 0) is 0 Å². The molecule has 0 radical (unpaired) electrons. The van der Waals surface area contributed by atoms with E-state index in [4.69, 9.17) is 15.1 Å². The van der Waals surface area contributed by atoms with Gasteiger partial charge >= 0.3 is 36.9 Å². The van der Waals surface area contributed by atoms with E-state index in [2.05, 4.69) is 0 Å². The third kappa shape index (κ3) is 242. The summed E-state index contributed by atoms with van der Waals surface area (Å²) in [6.45, 7) is 0. The number of hydrogen-bond acceptors (Lipinski definition) is 3. The maximum absolute atomic E-state index is 7.17. The zero-order chi connectivity index (χ0) is 3.58. The van der Waals surface area contributed by atoms with Gasteiger partial charge < -0.3 is 15.1 Å². The van der Waals surface area contributed by atoms with Gasteiger partial charge in [0.2, 0.25) is 0 Å². The fourth-order valence-electron chi connectivity index (χ4n) is 0. The summed E-state index contributed by atoms with van der Waals surface area (Å²) < 4.78 is 0. The second kappa shape index (κ2) is 15.8. The molecule has 0 aromatic carbocycles. The fraction of sp³-hybridized carbons (Fsp3) is 0. The molecule has 0 aliphatic rings. The van der Waals surface area contributed by atoms with Crippen molar-refractivity contribution in [2.45, 2.75) is 0 Å². The predicted molar refractivity (Wildman–Crippen MR) is 24.6 cm³/mol. The van der Waals surface area contributed by atoms with Crippen LogP contribution in [0.25, 0.3) is 0 Å². The molecule has 0 atom stereocenters. The van der Waals surface area contributed by atoms with Gasteiger partial charge in [0, 0.05) is 0 Å². The van der Waals surface area contributed by atoms with Crippen molar-refractivity contribution in [3.8, 4) is 0 Å². The van der Waals surface area contributed by atoms with E-state index in [1.54, 1.807) is 0 Å². The van der Waals surface area contributed by atoms with Crippen LogP contribution in [0.15, 0.2) is 0 Å². The van der Waals surface area contributed by atoms with Crippen molar-refractivity contribution in [2.75, 3.05) is 0 Å². The maximum atomic E-state index is 7.17. The van der Waals surface area contributed by atoms with Crippen LogP contribution < -0.4 is 0 Å². The molecule has 0 aromatic rings. The zero-order valence-corrected chi connectivity index (χ0v) is 2.74. The Morgan fingerprint density at radius 2 is 0.857 bits per heavy atom. The summed E-state index contributed by atoms with van der Waals surface area (Å²) in [7, 11) is -2.17. The van der Waals surface area contributed by atoms with E-state index in [9.17, 15) is 0 Å². The Balaban J connectivity index is -0.0000000150. The minimum absolute atomic E-state index is 0. The van der Waals surface area contributed by atoms with Crippen LogP contribution in [0, 0.1) is 0 Å². The molecule has 0 amide bonds. The summed E-state index contributed by atoms with van der Waals surface area (Å²) in [4.78, 5) is 0. The van der Waals surface area contributed by atoms with Crippen LogP contribution in [0.5, 0.6) is 0 Å². The first-order valence-corrected chi connectivity index (χ1v) is 0.775. The Kier molecular flexibility index (Phi) is 56.5. The van der Waals surface area contributed by atoms with E-state index in [0.29, 0.717) is 0 Å². The summed E-state index contributed by atoms with van der Waals surface area (Å²) in [6.07, 6.45) is 0. The summed E-state index contributed by atoms with van der Waals surface area (Å²) >= 11 is 0. The molecular weight excluding hydrogens is 120 g/mol. The third-order valence-electron chi connectivity index (χ3n) is 0. The van der Waals surface area contributed by atoms with Gasteiger partial charge in [-0.15, -0.1) is 0 Å². The molecule has 0 aliphatic heterocycles. The monoisotopic (exact) mass is 126 g/mol. The molecule has 0 rings (SSSR count). The van der Waals surface area contributed by atoms with Crippen molar-refractivity contribution in [1.82, 2.24) is 0 Å². The van der Waals surface area contributed by atoms with Gasteiger partial charge in [-0.25, -0.2) is 0 Å². The number of halogens is 2. The van der Waals surface area contributed by atoms with Gasteiger partial charge in [-0.2, -0.15) is 0 Å². The van der Waals surface area contributed by atoms with E-state index in [1.807, 2.05) is 0 Å². The van der Waals surface area contributed by atoms with Gasteiger partial charge in [-0.3, -0.25) is 9.41 Å². The van der Waals surface area contributed by atoms with Crippen LogP contribution >= 0.6 is 0 Å². The molecule has 3 N–H and O–H groups in total. The molecule has 42 valence electrons. The Labute approximate surface area is 61.6 Å². The molecule has 0 fully saturated rings. The van der Waals surface area contributed by atoms with Gasteiger partial charge in [0.05, 0.1) is 0 Å².